The van der Waals surface area contributed by atoms with Crippen LogP contribution in [0.2, 0.25) is 10.0 Å². The van der Waals surface area contributed by atoms with Crippen molar-refractivity contribution in [2.75, 3.05) is 6.54 Å². The number of halogens is 2. The minimum absolute atomic E-state index is 0.0245. The summed E-state index contributed by atoms with van der Waals surface area (Å²) < 4.78 is 0. The molecule has 2 aromatic rings. The summed E-state index contributed by atoms with van der Waals surface area (Å²) in [6.45, 7) is 6.56. The molecule has 2 heterocycles. The molecular weight excluding hydrogens is 463 g/mol. The fourth-order valence-corrected chi connectivity index (χ4v) is 4.58. The molecule has 1 aromatic heterocycles. The predicted molar refractivity (Wildman–Crippen MR) is 128 cm³/mol. The Bertz CT molecular complexity index is 1110. The van der Waals surface area contributed by atoms with Gasteiger partial charge in [0, 0.05) is 30.2 Å². The summed E-state index contributed by atoms with van der Waals surface area (Å²) in [6.07, 6.45) is 1.33. The van der Waals surface area contributed by atoms with Crippen LogP contribution in [0.5, 0.6) is 0 Å². The molecule has 0 saturated carbocycles. The number of hydrogen-bond acceptors (Lipinski definition) is 4. The molecule has 0 radical (unpaired) electrons. The maximum absolute atomic E-state index is 13.1. The Balaban J connectivity index is 1.75. The van der Waals surface area contributed by atoms with E-state index in [1.54, 1.807) is 18.2 Å². The SMILES string of the molecule is CC(C)(C)CC(CC(=O)c1cc2ccc(Cl)c(Cl)c2[nH]1)C(=O)NC(C#N)CC1CCNC1=O. The van der Waals surface area contributed by atoms with Gasteiger partial charge >= 0.3 is 0 Å². The molecule has 3 unspecified atom stereocenters. The number of Topliss-reactive ketones (excluding diaryl/α,β-unsaturated/α-hetero) is 1. The highest BCUT2D eigenvalue weighted by atomic mass is 35.5. The standard InChI is InChI=1S/C24H28Cl2N4O3/c1-24(2,3)11-15(23(33)29-16(12-27)8-14-6-7-28-22(14)32)10-19(31)18-9-13-4-5-17(25)20(26)21(13)30-18/h4-5,9,14-16,30H,6-8,10-11H2,1-3H3,(H,28,32)(H,29,33). The smallest absolute Gasteiger partial charge is 0.224 e. The van der Waals surface area contributed by atoms with Crippen LogP contribution < -0.4 is 10.6 Å². The maximum atomic E-state index is 13.1. The highest BCUT2D eigenvalue weighted by Crippen LogP contribution is 2.32. The molecule has 7 nitrogen and oxygen atoms in total. The molecule has 3 rings (SSSR count). The number of hydrogen-bond donors (Lipinski definition) is 3. The highest BCUT2D eigenvalue weighted by molar-refractivity contribution is 6.45. The second-order valence-electron chi connectivity index (χ2n) is 9.80. The van der Waals surface area contributed by atoms with Crippen LogP contribution in [0.25, 0.3) is 10.9 Å². The van der Waals surface area contributed by atoms with Crippen molar-refractivity contribution in [3.8, 4) is 6.07 Å². The van der Waals surface area contributed by atoms with Crippen LogP contribution in [0.1, 0.15) is 56.9 Å². The molecule has 176 valence electrons. The Kier molecular flexibility index (Phi) is 7.71. The van der Waals surface area contributed by atoms with E-state index < -0.39 is 12.0 Å². The Morgan fingerprint density at radius 1 is 1.30 bits per heavy atom. The van der Waals surface area contributed by atoms with Crippen LogP contribution in [0, 0.1) is 28.6 Å². The van der Waals surface area contributed by atoms with Gasteiger partial charge in [-0.2, -0.15) is 5.26 Å². The van der Waals surface area contributed by atoms with Crippen molar-refractivity contribution in [2.24, 2.45) is 17.3 Å². The first-order chi connectivity index (χ1) is 15.5. The normalized spacial score (nSPS) is 17.9. The van der Waals surface area contributed by atoms with Crippen molar-refractivity contribution >= 4 is 51.7 Å². The molecule has 1 saturated heterocycles. The van der Waals surface area contributed by atoms with Gasteiger partial charge in [0.1, 0.15) is 6.04 Å². The predicted octanol–water partition coefficient (Wildman–Crippen LogP) is 4.63. The zero-order valence-electron chi connectivity index (χ0n) is 18.9. The Morgan fingerprint density at radius 3 is 2.64 bits per heavy atom. The molecule has 1 fully saturated rings. The molecule has 3 N–H and O–H groups in total. The summed E-state index contributed by atoms with van der Waals surface area (Å²) in [5.74, 6) is -1.60. The van der Waals surface area contributed by atoms with Crippen LogP contribution in [-0.4, -0.2) is 35.2 Å². The number of nitriles is 1. The van der Waals surface area contributed by atoms with E-state index in [1.807, 2.05) is 20.8 Å². The van der Waals surface area contributed by atoms with E-state index in [1.165, 1.54) is 0 Å². The summed E-state index contributed by atoms with van der Waals surface area (Å²) in [6, 6.07) is 6.42. The van der Waals surface area contributed by atoms with Crippen LogP contribution in [-0.2, 0) is 9.59 Å². The lowest BCUT2D eigenvalue weighted by Gasteiger charge is -2.26. The number of amides is 2. The first-order valence-corrected chi connectivity index (χ1v) is 11.7. The van der Waals surface area contributed by atoms with Gasteiger partial charge in [-0.05, 0) is 36.8 Å². The average molecular weight is 491 g/mol. The molecule has 0 spiro atoms. The summed E-state index contributed by atoms with van der Waals surface area (Å²) in [5, 5.41) is 16.5. The monoisotopic (exact) mass is 490 g/mol. The first kappa shape index (κ1) is 25.1. The molecule has 33 heavy (non-hydrogen) atoms. The van der Waals surface area contributed by atoms with Gasteiger partial charge in [0.25, 0.3) is 0 Å². The number of rotatable bonds is 8. The van der Waals surface area contributed by atoms with Gasteiger partial charge in [0.15, 0.2) is 5.78 Å². The third kappa shape index (κ3) is 6.27. The minimum atomic E-state index is -0.794. The van der Waals surface area contributed by atoms with Crippen molar-refractivity contribution in [3.63, 3.8) is 0 Å². The Morgan fingerprint density at radius 2 is 2.03 bits per heavy atom. The fourth-order valence-electron chi connectivity index (χ4n) is 4.21. The van der Waals surface area contributed by atoms with E-state index in [4.69, 9.17) is 23.2 Å². The summed E-state index contributed by atoms with van der Waals surface area (Å²) in [7, 11) is 0. The number of fused-ring (bicyclic) bond motifs is 1. The Labute approximate surface area is 203 Å². The number of carbonyl (C=O) groups excluding carboxylic acids is 3. The van der Waals surface area contributed by atoms with Gasteiger partial charge < -0.3 is 15.6 Å². The van der Waals surface area contributed by atoms with Crippen molar-refractivity contribution < 1.29 is 14.4 Å². The molecule has 9 heteroatoms. The second-order valence-corrected chi connectivity index (χ2v) is 10.6. The van der Waals surface area contributed by atoms with Gasteiger partial charge in [-0.1, -0.05) is 50.0 Å². The molecule has 0 aliphatic carbocycles. The molecule has 1 aromatic carbocycles. The number of H-pyrrole nitrogens is 1. The van der Waals surface area contributed by atoms with Crippen LogP contribution in [0.15, 0.2) is 18.2 Å². The quantitative estimate of drug-likeness (QED) is 0.467. The van der Waals surface area contributed by atoms with Gasteiger partial charge in [-0.3, -0.25) is 14.4 Å². The Hall–Kier alpha value is -2.56. The molecule has 1 aliphatic heterocycles. The molecule has 1 aliphatic rings. The van der Waals surface area contributed by atoms with Crippen molar-refractivity contribution in [2.45, 2.75) is 52.5 Å². The molecule has 2 amide bonds. The minimum Gasteiger partial charge on any atom is -0.356 e. The second kappa shape index (κ2) is 10.1. The zero-order chi connectivity index (χ0) is 24.3. The third-order valence-electron chi connectivity index (χ3n) is 5.80. The lowest BCUT2D eigenvalue weighted by Crippen LogP contribution is -2.41. The summed E-state index contributed by atoms with van der Waals surface area (Å²) in [4.78, 5) is 41.1. The van der Waals surface area contributed by atoms with E-state index in [0.29, 0.717) is 40.6 Å². The number of aromatic nitrogens is 1. The highest BCUT2D eigenvalue weighted by Gasteiger charge is 2.32. The van der Waals surface area contributed by atoms with E-state index in [9.17, 15) is 19.6 Å². The number of aromatic amines is 1. The number of benzene rings is 1. The lowest BCUT2D eigenvalue weighted by atomic mass is 9.81. The summed E-state index contributed by atoms with van der Waals surface area (Å²) >= 11 is 12.3. The van der Waals surface area contributed by atoms with Gasteiger partial charge in [0.05, 0.1) is 27.3 Å². The number of nitrogens with zero attached hydrogens (tertiary/aromatic N) is 1. The largest absolute Gasteiger partial charge is 0.356 e. The number of nitrogens with one attached hydrogen (secondary N) is 3. The van der Waals surface area contributed by atoms with Gasteiger partial charge in [0.2, 0.25) is 11.8 Å². The van der Waals surface area contributed by atoms with Gasteiger partial charge in [-0.15, -0.1) is 0 Å². The van der Waals surface area contributed by atoms with Crippen molar-refractivity contribution in [1.29, 1.82) is 5.26 Å². The van der Waals surface area contributed by atoms with E-state index in [0.717, 1.165) is 5.39 Å². The molecule has 3 atom stereocenters. The molecular formula is C24H28Cl2N4O3. The van der Waals surface area contributed by atoms with Crippen LogP contribution in [0.4, 0.5) is 0 Å². The zero-order valence-corrected chi connectivity index (χ0v) is 20.4. The molecule has 0 bridgehead atoms. The topological polar surface area (TPSA) is 115 Å². The van der Waals surface area contributed by atoms with E-state index in [2.05, 4.69) is 21.7 Å². The van der Waals surface area contributed by atoms with E-state index in [-0.39, 0.29) is 41.8 Å². The van der Waals surface area contributed by atoms with Crippen molar-refractivity contribution in [3.05, 3.63) is 33.9 Å². The first-order valence-electron chi connectivity index (χ1n) is 11.0. The van der Waals surface area contributed by atoms with Gasteiger partial charge in [-0.25, -0.2) is 0 Å². The van der Waals surface area contributed by atoms with Crippen molar-refractivity contribution in [1.82, 2.24) is 15.6 Å². The van der Waals surface area contributed by atoms with Crippen LogP contribution in [0.3, 0.4) is 0 Å². The average Bonchev–Trinajstić information content (AvgIpc) is 3.35. The lowest BCUT2D eigenvalue weighted by molar-refractivity contribution is -0.127. The number of carbonyl (C=O) groups is 3. The maximum Gasteiger partial charge on any atom is 0.224 e. The van der Waals surface area contributed by atoms with E-state index >= 15 is 0 Å². The number of ketones is 1. The third-order valence-corrected chi connectivity index (χ3v) is 6.61. The fraction of sp³-hybridized carbons (Fsp3) is 0.500. The van der Waals surface area contributed by atoms with Crippen LogP contribution >= 0.6 is 23.2 Å². The summed E-state index contributed by atoms with van der Waals surface area (Å²) in [5.41, 5.74) is 0.705.